The lowest BCUT2D eigenvalue weighted by Crippen LogP contribution is -2.39. The molecule has 6 nitrogen and oxygen atoms in total. The monoisotopic (exact) mass is 320 g/mol. The SMILES string of the molecule is CCCNC(=O)CNC(=O)COC(=O)[C@@H](CC)c1ccccc1. The Labute approximate surface area is 136 Å². The molecule has 0 spiro atoms. The summed E-state index contributed by atoms with van der Waals surface area (Å²) in [5.41, 5.74) is 0.861. The van der Waals surface area contributed by atoms with Crippen molar-refractivity contribution in [1.82, 2.24) is 10.6 Å². The summed E-state index contributed by atoms with van der Waals surface area (Å²) in [6.07, 6.45) is 1.42. The van der Waals surface area contributed by atoms with Gasteiger partial charge in [0.15, 0.2) is 6.61 Å². The van der Waals surface area contributed by atoms with Gasteiger partial charge in [0.05, 0.1) is 12.5 Å². The zero-order chi connectivity index (χ0) is 17.1. The first-order valence-corrected chi connectivity index (χ1v) is 7.83. The third-order valence-corrected chi connectivity index (χ3v) is 3.26. The van der Waals surface area contributed by atoms with Crippen LogP contribution in [0.25, 0.3) is 0 Å². The molecule has 0 aromatic heterocycles. The van der Waals surface area contributed by atoms with Crippen LogP contribution in [0, 0.1) is 0 Å². The third kappa shape index (κ3) is 6.95. The highest BCUT2D eigenvalue weighted by atomic mass is 16.5. The summed E-state index contributed by atoms with van der Waals surface area (Å²) >= 11 is 0. The maximum atomic E-state index is 12.1. The van der Waals surface area contributed by atoms with E-state index in [1.54, 1.807) is 0 Å². The molecule has 1 aromatic carbocycles. The van der Waals surface area contributed by atoms with Crippen LogP contribution in [0.5, 0.6) is 0 Å². The van der Waals surface area contributed by atoms with Crippen molar-refractivity contribution in [2.45, 2.75) is 32.6 Å². The zero-order valence-corrected chi connectivity index (χ0v) is 13.6. The molecule has 0 aliphatic rings. The van der Waals surface area contributed by atoms with Crippen molar-refractivity contribution in [3.63, 3.8) is 0 Å². The molecule has 0 saturated heterocycles. The first-order chi connectivity index (χ1) is 11.1. The van der Waals surface area contributed by atoms with Gasteiger partial charge >= 0.3 is 5.97 Å². The molecule has 23 heavy (non-hydrogen) atoms. The molecule has 0 radical (unpaired) electrons. The van der Waals surface area contributed by atoms with Gasteiger partial charge in [-0.3, -0.25) is 14.4 Å². The number of rotatable bonds is 9. The highest BCUT2D eigenvalue weighted by Gasteiger charge is 2.20. The summed E-state index contributed by atoms with van der Waals surface area (Å²) < 4.78 is 5.04. The van der Waals surface area contributed by atoms with Crippen molar-refractivity contribution >= 4 is 17.8 Å². The Balaban J connectivity index is 2.37. The predicted molar refractivity (Wildman–Crippen MR) is 86.7 cm³/mol. The van der Waals surface area contributed by atoms with Gasteiger partial charge in [-0.1, -0.05) is 44.2 Å². The van der Waals surface area contributed by atoms with Gasteiger partial charge in [0.1, 0.15) is 0 Å². The van der Waals surface area contributed by atoms with Crippen molar-refractivity contribution < 1.29 is 19.1 Å². The number of ether oxygens (including phenoxy) is 1. The number of amides is 2. The molecular weight excluding hydrogens is 296 g/mol. The predicted octanol–water partition coefficient (Wildman–Crippen LogP) is 1.37. The van der Waals surface area contributed by atoms with E-state index in [0.29, 0.717) is 13.0 Å². The molecule has 0 bridgehead atoms. The molecule has 0 fully saturated rings. The largest absolute Gasteiger partial charge is 0.455 e. The second-order valence-electron chi connectivity index (χ2n) is 5.11. The van der Waals surface area contributed by atoms with Crippen LogP contribution in [0.4, 0.5) is 0 Å². The standard InChI is InChI=1S/C17H24N2O4/c1-3-10-18-15(20)11-19-16(21)12-23-17(22)14(4-2)13-8-6-5-7-9-13/h5-9,14H,3-4,10-12H2,1-2H3,(H,18,20)(H,19,21)/t14-/m0/s1. The first-order valence-electron chi connectivity index (χ1n) is 7.83. The van der Waals surface area contributed by atoms with Gasteiger partial charge in [0.25, 0.3) is 5.91 Å². The number of esters is 1. The average Bonchev–Trinajstić information content (AvgIpc) is 2.57. The Hall–Kier alpha value is -2.37. The Morgan fingerprint density at radius 2 is 1.74 bits per heavy atom. The molecule has 0 aliphatic heterocycles. The van der Waals surface area contributed by atoms with Crippen molar-refractivity contribution in [2.24, 2.45) is 0 Å². The van der Waals surface area contributed by atoms with E-state index in [0.717, 1.165) is 12.0 Å². The molecule has 2 amide bonds. The van der Waals surface area contributed by atoms with Crippen LogP contribution < -0.4 is 10.6 Å². The second kappa shape index (κ2) is 10.4. The minimum absolute atomic E-state index is 0.119. The molecule has 0 aliphatic carbocycles. The van der Waals surface area contributed by atoms with Gasteiger partial charge in [-0.05, 0) is 18.4 Å². The number of hydrogen-bond acceptors (Lipinski definition) is 4. The quantitative estimate of drug-likeness (QED) is 0.673. The van der Waals surface area contributed by atoms with Crippen LogP contribution in [-0.2, 0) is 19.1 Å². The lowest BCUT2D eigenvalue weighted by molar-refractivity contribution is -0.150. The average molecular weight is 320 g/mol. The van der Waals surface area contributed by atoms with Crippen LogP contribution >= 0.6 is 0 Å². The maximum Gasteiger partial charge on any atom is 0.313 e. The van der Waals surface area contributed by atoms with E-state index in [1.165, 1.54) is 0 Å². The fourth-order valence-electron chi connectivity index (χ4n) is 2.02. The summed E-state index contributed by atoms with van der Waals surface area (Å²) in [5, 5.41) is 5.06. The van der Waals surface area contributed by atoms with E-state index in [-0.39, 0.29) is 19.1 Å². The molecule has 126 valence electrons. The van der Waals surface area contributed by atoms with Crippen LogP contribution in [0.1, 0.15) is 38.2 Å². The van der Waals surface area contributed by atoms with E-state index in [1.807, 2.05) is 44.2 Å². The number of hydrogen-bond donors (Lipinski definition) is 2. The molecule has 1 aromatic rings. The molecule has 0 heterocycles. The summed E-state index contributed by atoms with van der Waals surface area (Å²) in [5.74, 6) is -1.59. The van der Waals surface area contributed by atoms with E-state index in [2.05, 4.69) is 10.6 Å². The normalized spacial score (nSPS) is 11.4. The Kier molecular flexibility index (Phi) is 8.42. The van der Waals surface area contributed by atoms with Gasteiger partial charge in [-0.25, -0.2) is 0 Å². The third-order valence-electron chi connectivity index (χ3n) is 3.26. The Morgan fingerprint density at radius 3 is 2.35 bits per heavy atom. The topological polar surface area (TPSA) is 84.5 Å². The molecule has 2 N–H and O–H groups in total. The van der Waals surface area contributed by atoms with Crippen molar-refractivity contribution in [2.75, 3.05) is 19.7 Å². The molecule has 6 heteroatoms. The lowest BCUT2D eigenvalue weighted by Gasteiger charge is -2.14. The fourth-order valence-corrected chi connectivity index (χ4v) is 2.02. The van der Waals surface area contributed by atoms with Crippen LogP contribution in [-0.4, -0.2) is 37.5 Å². The van der Waals surface area contributed by atoms with Crippen LogP contribution in [0.3, 0.4) is 0 Å². The van der Waals surface area contributed by atoms with Crippen LogP contribution in [0.15, 0.2) is 30.3 Å². The molecule has 1 atom stereocenters. The highest BCUT2D eigenvalue weighted by Crippen LogP contribution is 2.20. The summed E-state index contributed by atoms with van der Waals surface area (Å²) in [7, 11) is 0. The van der Waals surface area contributed by atoms with Crippen molar-refractivity contribution in [3.05, 3.63) is 35.9 Å². The fraction of sp³-hybridized carbons (Fsp3) is 0.471. The van der Waals surface area contributed by atoms with E-state index in [9.17, 15) is 14.4 Å². The molecule has 0 saturated carbocycles. The summed E-state index contributed by atoms with van der Waals surface area (Å²) in [6, 6.07) is 9.29. The van der Waals surface area contributed by atoms with Crippen LogP contribution in [0.2, 0.25) is 0 Å². The first kappa shape index (κ1) is 18.7. The highest BCUT2D eigenvalue weighted by molar-refractivity contribution is 5.87. The van der Waals surface area contributed by atoms with E-state index in [4.69, 9.17) is 4.74 Å². The lowest BCUT2D eigenvalue weighted by atomic mass is 9.97. The minimum Gasteiger partial charge on any atom is -0.455 e. The Bertz CT molecular complexity index is 517. The minimum atomic E-state index is -0.493. The van der Waals surface area contributed by atoms with E-state index >= 15 is 0 Å². The van der Waals surface area contributed by atoms with Gasteiger partial charge in [-0.15, -0.1) is 0 Å². The number of carbonyl (C=O) groups is 3. The molecule has 0 unspecified atom stereocenters. The van der Waals surface area contributed by atoms with Crippen molar-refractivity contribution in [1.29, 1.82) is 0 Å². The van der Waals surface area contributed by atoms with Crippen molar-refractivity contribution in [3.8, 4) is 0 Å². The van der Waals surface area contributed by atoms with Gasteiger partial charge in [0.2, 0.25) is 5.91 Å². The smallest absolute Gasteiger partial charge is 0.313 e. The summed E-state index contributed by atoms with van der Waals surface area (Å²) in [4.78, 5) is 35.0. The number of benzene rings is 1. The van der Waals surface area contributed by atoms with Gasteiger partial charge in [-0.2, -0.15) is 0 Å². The maximum absolute atomic E-state index is 12.1. The summed E-state index contributed by atoms with van der Waals surface area (Å²) in [6.45, 7) is 3.89. The second-order valence-corrected chi connectivity index (χ2v) is 5.11. The van der Waals surface area contributed by atoms with Gasteiger partial charge < -0.3 is 15.4 Å². The molecular formula is C17H24N2O4. The Morgan fingerprint density at radius 1 is 1.04 bits per heavy atom. The van der Waals surface area contributed by atoms with Gasteiger partial charge in [0, 0.05) is 6.54 Å². The zero-order valence-electron chi connectivity index (χ0n) is 13.6. The number of nitrogens with one attached hydrogen (secondary N) is 2. The number of carbonyl (C=O) groups excluding carboxylic acids is 3. The molecule has 1 rings (SSSR count). The van der Waals surface area contributed by atoms with E-state index < -0.39 is 17.8 Å².